The highest BCUT2D eigenvalue weighted by atomic mass is 35.5. The molecule has 0 saturated heterocycles. The van der Waals surface area contributed by atoms with E-state index < -0.39 is 0 Å². The van der Waals surface area contributed by atoms with Gasteiger partial charge in [-0.15, -0.1) is 24.8 Å². The van der Waals surface area contributed by atoms with E-state index in [-0.39, 0.29) is 36.8 Å². The lowest BCUT2D eigenvalue weighted by Crippen LogP contribution is -2.42. The van der Waals surface area contributed by atoms with Crippen LogP contribution in [-0.2, 0) is 9.53 Å². The van der Waals surface area contributed by atoms with Crippen LogP contribution < -0.4 is 11.1 Å². The van der Waals surface area contributed by atoms with Crippen molar-refractivity contribution in [2.24, 2.45) is 11.7 Å². The lowest BCUT2D eigenvalue weighted by Gasteiger charge is -2.26. The van der Waals surface area contributed by atoms with Gasteiger partial charge in [-0.1, -0.05) is 13.8 Å². The highest BCUT2D eigenvalue weighted by Crippen LogP contribution is 2.08. The predicted molar refractivity (Wildman–Crippen MR) is 88.9 cm³/mol. The SMILES string of the molecule is COC(CN)CC(=O)NCC(CC(C)C)N(C)C.Cl.Cl. The Morgan fingerprint density at radius 2 is 1.85 bits per heavy atom. The van der Waals surface area contributed by atoms with Gasteiger partial charge in [-0.05, 0) is 26.4 Å². The zero-order chi connectivity index (χ0) is 14.1. The van der Waals surface area contributed by atoms with E-state index in [1.54, 1.807) is 7.11 Å². The molecule has 3 N–H and O–H groups in total. The molecule has 20 heavy (non-hydrogen) atoms. The van der Waals surface area contributed by atoms with Crippen LogP contribution in [0.3, 0.4) is 0 Å². The summed E-state index contributed by atoms with van der Waals surface area (Å²) in [5, 5.41) is 2.95. The van der Waals surface area contributed by atoms with Gasteiger partial charge in [-0.3, -0.25) is 4.79 Å². The minimum absolute atomic E-state index is 0. The molecule has 1 amide bonds. The number of nitrogens with zero attached hydrogens (tertiary/aromatic N) is 1. The van der Waals surface area contributed by atoms with Crippen molar-refractivity contribution in [3.05, 3.63) is 0 Å². The van der Waals surface area contributed by atoms with Crippen molar-refractivity contribution < 1.29 is 9.53 Å². The molecular weight excluding hydrogens is 301 g/mol. The van der Waals surface area contributed by atoms with Crippen LogP contribution in [-0.4, -0.2) is 57.2 Å². The van der Waals surface area contributed by atoms with E-state index in [2.05, 4.69) is 24.1 Å². The number of carbonyl (C=O) groups excluding carboxylic acids is 1. The molecular formula is C13H31Cl2N3O2. The standard InChI is InChI=1S/C13H29N3O2.2ClH/c1-10(2)6-11(16(3)4)9-15-13(17)7-12(8-14)18-5;;/h10-12H,6-9,14H2,1-5H3,(H,15,17);2*1H. The van der Waals surface area contributed by atoms with Crippen LogP contribution >= 0.6 is 24.8 Å². The number of halogens is 2. The van der Waals surface area contributed by atoms with Crippen molar-refractivity contribution in [2.75, 3.05) is 34.3 Å². The second-order valence-corrected chi connectivity index (χ2v) is 5.35. The molecule has 0 aromatic heterocycles. The molecule has 0 heterocycles. The quantitative estimate of drug-likeness (QED) is 0.668. The summed E-state index contributed by atoms with van der Waals surface area (Å²) in [4.78, 5) is 13.9. The number of hydrogen-bond donors (Lipinski definition) is 2. The number of methoxy groups -OCH3 is 1. The third-order valence-corrected chi connectivity index (χ3v) is 3.02. The Kier molecular flexibility index (Phi) is 17.3. The summed E-state index contributed by atoms with van der Waals surface area (Å²) in [6.45, 7) is 5.42. The van der Waals surface area contributed by atoms with Crippen LogP contribution in [0.1, 0.15) is 26.7 Å². The first-order chi connectivity index (χ1) is 8.40. The molecule has 0 aromatic carbocycles. The third-order valence-electron chi connectivity index (χ3n) is 3.02. The van der Waals surface area contributed by atoms with Gasteiger partial charge >= 0.3 is 0 Å². The maximum Gasteiger partial charge on any atom is 0.222 e. The Hall–Kier alpha value is -0.0700. The van der Waals surface area contributed by atoms with Gasteiger partial charge in [0.2, 0.25) is 5.91 Å². The predicted octanol–water partition coefficient (Wildman–Crippen LogP) is 1.29. The first-order valence-corrected chi connectivity index (χ1v) is 6.56. The molecule has 7 heteroatoms. The number of nitrogens with one attached hydrogen (secondary N) is 1. The van der Waals surface area contributed by atoms with Crippen LogP contribution in [0, 0.1) is 5.92 Å². The molecule has 2 atom stereocenters. The minimum atomic E-state index is -0.187. The maximum atomic E-state index is 11.7. The number of likely N-dealkylation sites (N-methyl/N-ethyl adjacent to an activating group) is 1. The van der Waals surface area contributed by atoms with Crippen molar-refractivity contribution in [2.45, 2.75) is 38.8 Å². The monoisotopic (exact) mass is 331 g/mol. The summed E-state index contributed by atoms with van der Waals surface area (Å²) in [5.41, 5.74) is 5.49. The third kappa shape index (κ3) is 11.7. The average molecular weight is 332 g/mol. The fraction of sp³-hybridized carbons (Fsp3) is 0.923. The first-order valence-electron chi connectivity index (χ1n) is 6.56. The van der Waals surface area contributed by atoms with E-state index in [4.69, 9.17) is 10.5 Å². The van der Waals surface area contributed by atoms with Crippen LogP contribution in [0.2, 0.25) is 0 Å². The van der Waals surface area contributed by atoms with E-state index in [1.807, 2.05) is 14.1 Å². The Morgan fingerprint density at radius 3 is 2.20 bits per heavy atom. The largest absolute Gasteiger partial charge is 0.380 e. The fourth-order valence-electron chi connectivity index (χ4n) is 1.79. The molecule has 0 radical (unpaired) electrons. The van der Waals surface area contributed by atoms with Crippen molar-refractivity contribution in [1.82, 2.24) is 10.2 Å². The normalized spacial score (nSPS) is 13.4. The summed E-state index contributed by atoms with van der Waals surface area (Å²) in [7, 11) is 5.65. The van der Waals surface area contributed by atoms with E-state index >= 15 is 0 Å². The van der Waals surface area contributed by atoms with Gasteiger partial charge in [0.15, 0.2) is 0 Å². The Morgan fingerprint density at radius 1 is 1.30 bits per heavy atom. The number of nitrogens with two attached hydrogens (primary N) is 1. The zero-order valence-electron chi connectivity index (χ0n) is 13.2. The molecule has 124 valence electrons. The highest BCUT2D eigenvalue weighted by Gasteiger charge is 2.16. The highest BCUT2D eigenvalue weighted by molar-refractivity contribution is 5.85. The molecule has 0 aliphatic carbocycles. The fourth-order valence-corrected chi connectivity index (χ4v) is 1.79. The Bertz CT molecular complexity index is 238. The van der Waals surface area contributed by atoms with Gasteiger partial charge in [-0.25, -0.2) is 0 Å². The summed E-state index contributed by atoms with van der Waals surface area (Å²) in [6.07, 6.45) is 1.21. The van der Waals surface area contributed by atoms with Crippen molar-refractivity contribution in [3.63, 3.8) is 0 Å². The number of rotatable bonds is 9. The van der Waals surface area contributed by atoms with Crippen LogP contribution in [0.4, 0.5) is 0 Å². The molecule has 0 fully saturated rings. The lowest BCUT2D eigenvalue weighted by molar-refractivity contribution is -0.123. The molecule has 0 rings (SSSR count). The second-order valence-electron chi connectivity index (χ2n) is 5.35. The van der Waals surface area contributed by atoms with Crippen LogP contribution in [0.15, 0.2) is 0 Å². The topological polar surface area (TPSA) is 67.6 Å². The summed E-state index contributed by atoms with van der Waals surface area (Å²) < 4.78 is 5.09. The van der Waals surface area contributed by atoms with Crippen molar-refractivity contribution in [3.8, 4) is 0 Å². The van der Waals surface area contributed by atoms with Crippen molar-refractivity contribution >= 4 is 30.7 Å². The number of ether oxygens (including phenoxy) is 1. The van der Waals surface area contributed by atoms with Gasteiger partial charge in [0, 0.05) is 26.2 Å². The smallest absolute Gasteiger partial charge is 0.222 e. The lowest BCUT2D eigenvalue weighted by atomic mass is 10.0. The molecule has 0 bridgehead atoms. The molecule has 0 spiro atoms. The summed E-state index contributed by atoms with van der Waals surface area (Å²) >= 11 is 0. The molecule has 0 aromatic rings. The molecule has 0 saturated carbocycles. The number of amides is 1. The second kappa shape index (κ2) is 13.9. The van der Waals surface area contributed by atoms with E-state index in [9.17, 15) is 4.79 Å². The zero-order valence-corrected chi connectivity index (χ0v) is 14.9. The number of carbonyl (C=O) groups is 1. The molecule has 2 unspecified atom stereocenters. The average Bonchev–Trinajstić information content (AvgIpc) is 2.30. The van der Waals surface area contributed by atoms with E-state index in [0.29, 0.717) is 31.5 Å². The summed E-state index contributed by atoms with van der Waals surface area (Å²) in [6, 6.07) is 0.368. The molecule has 0 aliphatic heterocycles. The molecule has 0 aliphatic rings. The van der Waals surface area contributed by atoms with Crippen LogP contribution in [0.25, 0.3) is 0 Å². The van der Waals surface area contributed by atoms with Gasteiger partial charge in [-0.2, -0.15) is 0 Å². The summed E-state index contributed by atoms with van der Waals surface area (Å²) in [5.74, 6) is 0.618. The van der Waals surface area contributed by atoms with Gasteiger partial charge in [0.1, 0.15) is 0 Å². The van der Waals surface area contributed by atoms with Crippen molar-refractivity contribution in [1.29, 1.82) is 0 Å². The Balaban J connectivity index is -0.00000144. The van der Waals surface area contributed by atoms with Gasteiger partial charge in [0.05, 0.1) is 12.5 Å². The van der Waals surface area contributed by atoms with E-state index in [1.165, 1.54) is 0 Å². The first kappa shape index (κ1) is 24.9. The van der Waals surface area contributed by atoms with Gasteiger partial charge < -0.3 is 20.7 Å². The van der Waals surface area contributed by atoms with Gasteiger partial charge in [0.25, 0.3) is 0 Å². The minimum Gasteiger partial charge on any atom is -0.380 e. The van der Waals surface area contributed by atoms with Crippen LogP contribution in [0.5, 0.6) is 0 Å². The maximum absolute atomic E-state index is 11.7. The van der Waals surface area contributed by atoms with E-state index in [0.717, 1.165) is 6.42 Å². The Labute approximate surface area is 135 Å². The number of hydrogen-bond acceptors (Lipinski definition) is 4. The molecule has 5 nitrogen and oxygen atoms in total.